The smallest absolute Gasteiger partial charge is 0.362 e. The van der Waals surface area contributed by atoms with Crippen molar-refractivity contribution in [2.75, 3.05) is 7.11 Å². The van der Waals surface area contributed by atoms with Crippen LogP contribution in [0, 0.1) is 13.8 Å². The van der Waals surface area contributed by atoms with Gasteiger partial charge in [0.25, 0.3) is 0 Å². The summed E-state index contributed by atoms with van der Waals surface area (Å²) in [4.78, 5) is 23.4. The SMILES string of the molecule is COC(=O)c1nn(-c2ccc(C)cc2)cc(C)c1=O. The van der Waals surface area contributed by atoms with E-state index in [-0.39, 0.29) is 5.69 Å². The lowest BCUT2D eigenvalue weighted by Crippen LogP contribution is -2.24. The fraction of sp³-hybridized carbons (Fsp3) is 0.214. The molecule has 5 heteroatoms. The van der Waals surface area contributed by atoms with Gasteiger partial charge in [0.2, 0.25) is 11.1 Å². The lowest BCUT2D eigenvalue weighted by molar-refractivity contribution is 0.0590. The third-order valence-electron chi connectivity index (χ3n) is 2.77. The summed E-state index contributed by atoms with van der Waals surface area (Å²) < 4.78 is 6.07. The van der Waals surface area contributed by atoms with Crippen LogP contribution in [0.2, 0.25) is 0 Å². The summed E-state index contributed by atoms with van der Waals surface area (Å²) in [5.74, 6) is -0.727. The van der Waals surface area contributed by atoms with Gasteiger partial charge >= 0.3 is 5.97 Å². The molecule has 0 atom stereocenters. The molecule has 0 N–H and O–H groups in total. The van der Waals surface area contributed by atoms with Crippen molar-refractivity contribution < 1.29 is 9.53 Å². The fourth-order valence-electron chi connectivity index (χ4n) is 1.67. The Hall–Kier alpha value is -2.43. The van der Waals surface area contributed by atoms with Crippen LogP contribution in [0.4, 0.5) is 0 Å². The van der Waals surface area contributed by atoms with Crippen LogP contribution < -0.4 is 5.43 Å². The van der Waals surface area contributed by atoms with Gasteiger partial charge < -0.3 is 4.74 Å². The minimum Gasteiger partial charge on any atom is -0.464 e. The number of aryl methyl sites for hydroxylation is 2. The van der Waals surface area contributed by atoms with E-state index >= 15 is 0 Å². The summed E-state index contributed by atoms with van der Waals surface area (Å²) in [5.41, 5.74) is 1.72. The number of rotatable bonds is 2. The zero-order chi connectivity index (χ0) is 14.0. The Morgan fingerprint density at radius 3 is 2.42 bits per heavy atom. The number of ether oxygens (including phenoxy) is 1. The molecule has 0 saturated heterocycles. The van der Waals surface area contributed by atoms with Gasteiger partial charge in [-0.3, -0.25) is 4.79 Å². The van der Waals surface area contributed by atoms with Crippen LogP contribution in [0.3, 0.4) is 0 Å². The summed E-state index contributed by atoms with van der Waals surface area (Å²) in [6.45, 7) is 3.62. The maximum atomic E-state index is 11.8. The molecule has 1 aromatic heterocycles. The third kappa shape index (κ3) is 2.54. The molecule has 98 valence electrons. The number of esters is 1. The molecule has 2 aromatic rings. The van der Waals surface area contributed by atoms with Gasteiger partial charge in [0.15, 0.2) is 0 Å². The number of methoxy groups -OCH3 is 1. The molecule has 0 aliphatic carbocycles. The Bertz CT molecular complexity index is 672. The van der Waals surface area contributed by atoms with Crippen LogP contribution in [0.15, 0.2) is 35.3 Å². The van der Waals surface area contributed by atoms with Crippen LogP contribution in [0.5, 0.6) is 0 Å². The number of hydrogen-bond donors (Lipinski definition) is 0. The van der Waals surface area contributed by atoms with E-state index in [1.165, 1.54) is 11.8 Å². The number of aromatic nitrogens is 2. The molecule has 0 aliphatic rings. The van der Waals surface area contributed by atoms with E-state index in [1.807, 2.05) is 31.2 Å². The van der Waals surface area contributed by atoms with E-state index in [9.17, 15) is 9.59 Å². The average molecular weight is 258 g/mol. The first-order valence-electron chi connectivity index (χ1n) is 5.79. The standard InChI is InChI=1S/C14H14N2O3/c1-9-4-6-11(7-5-9)16-8-10(2)13(17)12(15-16)14(18)19-3/h4-8H,1-3H3. The molecule has 19 heavy (non-hydrogen) atoms. The number of hydrogen-bond acceptors (Lipinski definition) is 4. The van der Waals surface area contributed by atoms with Gasteiger partial charge in [0.05, 0.1) is 12.8 Å². The normalized spacial score (nSPS) is 10.3. The Labute approximate surface area is 110 Å². The first-order chi connectivity index (χ1) is 9.02. The van der Waals surface area contributed by atoms with Crippen molar-refractivity contribution in [2.45, 2.75) is 13.8 Å². The lowest BCUT2D eigenvalue weighted by Gasteiger charge is -2.08. The fourth-order valence-corrected chi connectivity index (χ4v) is 1.67. The quantitative estimate of drug-likeness (QED) is 0.768. The zero-order valence-corrected chi connectivity index (χ0v) is 11.0. The van der Waals surface area contributed by atoms with Gasteiger partial charge in [-0.05, 0) is 26.0 Å². The molecule has 5 nitrogen and oxygen atoms in total. The van der Waals surface area contributed by atoms with Gasteiger partial charge in [-0.1, -0.05) is 17.7 Å². The van der Waals surface area contributed by atoms with Crippen molar-refractivity contribution in [3.05, 3.63) is 57.5 Å². The molecule has 2 rings (SSSR count). The Morgan fingerprint density at radius 1 is 1.21 bits per heavy atom. The van der Waals surface area contributed by atoms with E-state index in [4.69, 9.17) is 0 Å². The van der Waals surface area contributed by atoms with Crippen molar-refractivity contribution in [3.8, 4) is 5.69 Å². The molecular formula is C14H14N2O3. The van der Waals surface area contributed by atoms with Crippen LogP contribution >= 0.6 is 0 Å². The number of carbonyl (C=O) groups is 1. The monoisotopic (exact) mass is 258 g/mol. The third-order valence-corrected chi connectivity index (χ3v) is 2.77. The topological polar surface area (TPSA) is 61.2 Å². The minimum absolute atomic E-state index is 0.205. The highest BCUT2D eigenvalue weighted by molar-refractivity contribution is 5.87. The highest BCUT2D eigenvalue weighted by Gasteiger charge is 2.15. The predicted molar refractivity (Wildman–Crippen MR) is 70.6 cm³/mol. The second-order valence-electron chi connectivity index (χ2n) is 4.26. The summed E-state index contributed by atoms with van der Waals surface area (Å²) in [5, 5.41) is 4.03. The first-order valence-corrected chi connectivity index (χ1v) is 5.79. The molecule has 0 radical (unpaired) electrons. The van der Waals surface area contributed by atoms with Crippen molar-refractivity contribution in [3.63, 3.8) is 0 Å². The Kier molecular flexibility index (Phi) is 3.46. The maximum Gasteiger partial charge on any atom is 0.362 e. The molecule has 1 heterocycles. The Balaban J connectivity index is 2.59. The molecule has 1 aromatic carbocycles. The van der Waals surface area contributed by atoms with Gasteiger partial charge in [0.1, 0.15) is 0 Å². The van der Waals surface area contributed by atoms with Gasteiger partial charge in [-0.2, -0.15) is 5.10 Å². The largest absolute Gasteiger partial charge is 0.464 e. The summed E-state index contributed by atoms with van der Waals surface area (Å²) in [6.07, 6.45) is 1.60. The van der Waals surface area contributed by atoms with Crippen LogP contribution in [0.1, 0.15) is 21.6 Å². The summed E-state index contributed by atoms with van der Waals surface area (Å²) in [7, 11) is 1.22. The van der Waals surface area contributed by atoms with E-state index in [0.29, 0.717) is 5.56 Å². The van der Waals surface area contributed by atoms with Crippen molar-refractivity contribution in [1.29, 1.82) is 0 Å². The zero-order valence-electron chi connectivity index (χ0n) is 11.0. The maximum absolute atomic E-state index is 11.8. The van der Waals surface area contributed by atoms with Crippen LogP contribution in [-0.4, -0.2) is 22.9 Å². The van der Waals surface area contributed by atoms with E-state index in [1.54, 1.807) is 13.1 Å². The Morgan fingerprint density at radius 2 is 1.84 bits per heavy atom. The van der Waals surface area contributed by atoms with E-state index in [2.05, 4.69) is 9.84 Å². The molecular weight excluding hydrogens is 244 g/mol. The van der Waals surface area contributed by atoms with Gasteiger partial charge in [-0.25, -0.2) is 9.48 Å². The van der Waals surface area contributed by atoms with Crippen molar-refractivity contribution in [2.24, 2.45) is 0 Å². The molecule has 0 bridgehead atoms. The highest BCUT2D eigenvalue weighted by Crippen LogP contribution is 2.08. The van der Waals surface area contributed by atoms with Crippen molar-refractivity contribution >= 4 is 5.97 Å². The number of carbonyl (C=O) groups excluding carboxylic acids is 1. The van der Waals surface area contributed by atoms with E-state index < -0.39 is 11.4 Å². The minimum atomic E-state index is -0.727. The second kappa shape index (κ2) is 5.06. The first kappa shape index (κ1) is 13.0. The molecule has 0 fully saturated rings. The summed E-state index contributed by atoms with van der Waals surface area (Å²) in [6, 6.07) is 7.60. The average Bonchev–Trinajstić information content (AvgIpc) is 2.41. The highest BCUT2D eigenvalue weighted by atomic mass is 16.5. The van der Waals surface area contributed by atoms with Crippen molar-refractivity contribution in [1.82, 2.24) is 9.78 Å². The lowest BCUT2D eigenvalue weighted by atomic mass is 10.2. The van der Waals surface area contributed by atoms with Crippen LogP contribution in [-0.2, 0) is 4.74 Å². The summed E-state index contributed by atoms with van der Waals surface area (Å²) >= 11 is 0. The molecule has 0 spiro atoms. The van der Waals surface area contributed by atoms with Gasteiger partial charge in [0, 0.05) is 11.8 Å². The number of benzene rings is 1. The molecule has 0 amide bonds. The molecule has 0 unspecified atom stereocenters. The predicted octanol–water partition coefficient (Wildman–Crippen LogP) is 1.64. The van der Waals surface area contributed by atoms with Crippen LogP contribution in [0.25, 0.3) is 5.69 Å². The van der Waals surface area contributed by atoms with Gasteiger partial charge in [-0.15, -0.1) is 0 Å². The van der Waals surface area contributed by atoms with E-state index in [0.717, 1.165) is 11.3 Å². The number of nitrogens with zero attached hydrogens (tertiary/aromatic N) is 2. The second-order valence-corrected chi connectivity index (χ2v) is 4.26. The molecule has 0 saturated carbocycles. The molecule has 0 aliphatic heterocycles.